The van der Waals surface area contributed by atoms with E-state index >= 15 is 0 Å². The molecule has 0 aliphatic rings. The normalized spacial score (nSPS) is 12.3. The minimum absolute atomic E-state index is 0.235. The van der Waals surface area contributed by atoms with Gasteiger partial charge in [0.25, 0.3) is 0 Å². The van der Waals surface area contributed by atoms with E-state index in [1.165, 1.54) is 0 Å². The van der Waals surface area contributed by atoms with Crippen molar-refractivity contribution in [3.05, 3.63) is 85.6 Å². The zero-order valence-electron chi connectivity index (χ0n) is 19.0. The molecule has 0 saturated heterocycles. The zero-order valence-corrected chi connectivity index (χ0v) is 19.9. The third kappa shape index (κ3) is 4.35. The molecule has 5 aromatic rings. The fourth-order valence-electron chi connectivity index (χ4n) is 3.76. The maximum Gasteiger partial charge on any atom is 0.241 e. The molecule has 5 rings (SSSR count). The second-order valence-corrected chi connectivity index (χ2v) is 10.7. The van der Waals surface area contributed by atoms with Gasteiger partial charge in [0, 0.05) is 35.9 Å². The van der Waals surface area contributed by atoms with Crippen molar-refractivity contribution in [3.63, 3.8) is 0 Å². The van der Waals surface area contributed by atoms with Crippen molar-refractivity contribution in [2.75, 3.05) is 0 Å². The highest BCUT2D eigenvalue weighted by Crippen LogP contribution is 2.27. The van der Waals surface area contributed by atoms with Gasteiger partial charge in [0.15, 0.2) is 5.82 Å². The molecule has 0 bridgehead atoms. The molecule has 4 aromatic heterocycles. The quantitative estimate of drug-likeness (QED) is 0.411. The van der Waals surface area contributed by atoms with E-state index in [1.807, 2.05) is 86.2 Å². The summed E-state index contributed by atoms with van der Waals surface area (Å²) < 4.78 is 31.6. The number of aromatic nitrogens is 5. The van der Waals surface area contributed by atoms with Gasteiger partial charge in [-0.1, -0.05) is 12.1 Å². The molecule has 4 heterocycles. The van der Waals surface area contributed by atoms with E-state index < -0.39 is 15.6 Å². The van der Waals surface area contributed by atoms with Crippen LogP contribution in [0.5, 0.6) is 0 Å². The summed E-state index contributed by atoms with van der Waals surface area (Å²) in [6.07, 6.45) is 9.14. The number of pyridine rings is 2. The highest BCUT2D eigenvalue weighted by molar-refractivity contribution is 7.89. The van der Waals surface area contributed by atoms with Crippen molar-refractivity contribution >= 4 is 15.7 Å². The third-order valence-corrected chi connectivity index (χ3v) is 7.00. The van der Waals surface area contributed by atoms with Crippen LogP contribution in [0.3, 0.4) is 0 Å². The Morgan fingerprint density at radius 1 is 0.882 bits per heavy atom. The first kappa shape index (κ1) is 22.0. The number of hydrogen-bond donors (Lipinski definition) is 1. The maximum absolute atomic E-state index is 12.6. The van der Waals surface area contributed by atoms with E-state index in [2.05, 4.69) is 19.8 Å². The fraction of sp³-hybridized carbons (Fsp3) is 0.160. The van der Waals surface area contributed by atoms with Crippen LogP contribution in [0.1, 0.15) is 20.8 Å². The molecular weight excluding hydrogens is 448 g/mol. The monoisotopic (exact) mass is 472 g/mol. The Bertz CT molecular complexity index is 1560. The highest BCUT2D eigenvalue weighted by atomic mass is 32.2. The Morgan fingerprint density at radius 3 is 2.35 bits per heavy atom. The Kier molecular flexibility index (Phi) is 5.30. The van der Waals surface area contributed by atoms with Crippen molar-refractivity contribution in [1.82, 2.24) is 28.9 Å². The van der Waals surface area contributed by atoms with Crippen LogP contribution in [0.2, 0.25) is 0 Å². The van der Waals surface area contributed by atoms with Gasteiger partial charge in [-0.05, 0) is 74.4 Å². The molecule has 0 saturated carbocycles. The molecule has 1 aromatic carbocycles. The SMILES string of the molecule is CC(C)(C)NS(=O)(=O)c1ccc(-c2ccc3ncc(-c4ccnc(-n5cccn5)c4)n3c2)cc1. The summed E-state index contributed by atoms with van der Waals surface area (Å²) in [6.45, 7) is 5.45. The lowest BCUT2D eigenvalue weighted by Gasteiger charge is -2.20. The minimum Gasteiger partial charge on any atom is -0.299 e. The number of sulfonamides is 1. The van der Waals surface area contributed by atoms with Crippen LogP contribution in [-0.2, 0) is 10.0 Å². The molecular formula is C25H24N6O2S. The average Bonchev–Trinajstić information content (AvgIpc) is 3.48. The van der Waals surface area contributed by atoms with Gasteiger partial charge in [-0.15, -0.1) is 0 Å². The summed E-state index contributed by atoms with van der Waals surface area (Å²) in [4.78, 5) is 9.17. The summed E-state index contributed by atoms with van der Waals surface area (Å²) in [5.74, 6) is 0.717. The highest BCUT2D eigenvalue weighted by Gasteiger charge is 2.21. The number of fused-ring (bicyclic) bond motifs is 1. The van der Waals surface area contributed by atoms with Gasteiger partial charge in [0.2, 0.25) is 10.0 Å². The second-order valence-electron chi connectivity index (χ2n) is 9.02. The summed E-state index contributed by atoms with van der Waals surface area (Å²) >= 11 is 0. The Hall–Kier alpha value is -3.82. The molecule has 9 heteroatoms. The van der Waals surface area contributed by atoms with Crippen LogP contribution in [0.4, 0.5) is 0 Å². The molecule has 172 valence electrons. The number of imidazole rings is 1. The first-order valence-electron chi connectivity index (χ1n) is 10.8. The lowest BCUT2D eigenvalue weighted by Crippen LogP contribution is -2.40. The van der Waals surface area contributed by atoms with Gasteiger partial charge in [-0.3, -0.25) is 4.40 Å². The molecule has 0 aliphatic carbocycles. The topological polar surface area (TPSA) is 94.2 Å². The van der Waals surface area contributed by atoms with Crippen molar-refractivity contribution in [2.45, 2.75) is 31.2 Å². The molecule has 0 amide bonds. The number of hydrogen-bond acceptors (Lipinski definition) is 5. The molecule has 1 N–H and O–H groups in total. The molecule has 0 spiro atoms. The first-order chi connectivity index (χ1) is 16.2. The van der Waals surface area contributed by atoms with Gasteiger partial charge in [-0.2, -0.15) is 5.10 Å². The van der Waals surface area contributed by atoms with Crippen molar-refractivity contribution in [1.29, 1.82) is 0 Å². The maximum atomic E-state index is 12.6. The zero-order chi connectivity index (χ0) is 23.9. The lowest BCUT2D eigenvalue weighted by molar-refractivity contribution is 0.491. The summed E-state index contributed by atoms with van der Waals surface area (Å²) in [5, 5.41) is 4.25. The van der Waals surface area contributed by atoms with E-state index in [0.717, 1.165) is 28.0 Å². The van der Waals surface area contributed by atoms with Crippen molar-refractivity contribution < 1.29 is 8.42 Å². The smallest absolute Gasteiger partial charge is 0.241 e. The second kappa shape index (κ2) is 8.19. The van der Waals surface area contributed by atoms with E-state index in [9.17, 15) is 8.42 Å². The van der Waals surface area contributed by atoms with E-state index in [0.29, 0.717) is 5.82 Å². The number of rotatable bonds is 5. The van der Waals surface area contributed by atoms with Crippen molar-refractivity contribution in [2.24, 2.45) is 0 Å². The predicted octanol–water partition coefficient (Wildman–Crippen LogP) is 4.33. The number of nitrogens with zero attached hydrogens (tertiary/aromatic N) is 5. The molecule has 0 aliphatic heterocycles. The Balaban J connectivity index is 1.50. The summed E-state index contributed by atoms with van der Waals surface area (Å²) in [6, 6.07) is 16.6. The third-order valence-electron chi connectivity index (χ3n) is 5.22. The largest absolute Gasteiger partial charge is 0.299 e. The molecule has 0 atom stereocenters. The van der Waals surface area contributed by atoms with Gasteiger partial charge >= 0.3 is 0 Å². The summed E-state index contributed by atoms with van der Waals surface area (Å²) in [7, 11) is -3.59. The van der Waals surface area contributed by atoms with Crippen LogP contribution in [0.25, 0.3) is 33.8 Å². The van der Waals surface area contributed by atoms with Crippen LogP contribution in [0, 0.1) is 0 Å². The average molecular weight is 473 g/mol. The van der Waals surface area contributed by atoms with Crippen LogP contribution in [0.15, 0.2) is 90.5 Å². The van der Waals surface area contributed by atoms with E-state index in [-0.39, 0.29) is 4.90 Å². The summed E-state index contributed by atoms with van der Waals surface area (Å²) in [5.41, 5.74) is 3.99. The molecule has 34 heavy (non-hydrogen) atoms. The van der Waals surface area contributed by atoms with Gasteiger partial charge in [0.1, 0.15) is 5.65 Å². The molecule has 0 unspecified atom stereocenters. The van der Waals surface area contributed by atoms with Gasteiger partial charge < -0.3 is 0 Å². The standard InChI is InChI=1S/C25H24N6O2S/c1-25(2,3)29-34(32,33)21-8-5-18(6-9-21)20-7-10-23-27-16-22(30(23)17-20)19-11-13-26-24(15-19)31-14-4-12-28-31/h4-17,29H,1-3H3. The minimum atomic E-state index is -3.59. The van der Waals surface area contributed by atoms with Crippen LogP contribution >= 0.6 is 0 Å². The Morgan fingerprint density at radius 2 is 1.65 bits per heavy atom. The lowest BCUT2D eigenvalue weighted by atomic mass is 10.1. The van der Waals surface area contributed by atoms with Gasteiger partial charge in [0.05, 0.1) is 16.8 Å². The van der Waals surface area contributed by atoms with E-state index in [4.69, 9.17) is 0 Å². The van der Waals surface area contributed by atoms with Gasteiger partial charge in [-0.25, -0.2) is 27.8 Å². The molecule has 0 fully saturated rings. The van der Waals surface area contributed by atoms with Crippen LogP contribution in [-0.4, -0.2) is 38.1 Å². The molecule has 8 nitrogen and oxygen atoms in total. The van der Waals surface area contributed by atoms with Crippen LogP contribution < -0.4 is 4.72 Å². The first-order valence-corrected chi connectivity index (χ1v) is 12.3. The van der Waals surface area contributed by atoms with Crippen molar-refractivity contribution in [3.8, 4) is 28.2 Å². The number of nitrogens with one attached hydrogen (secondary N) is 1. The Labute approximate surface area is 198 Å². The number of benzene rings is 1. The molecule has 0 radical (unpaired) electrons. The predicted molar refractivity (Wildman–Crippen MR) is 131 cm³/mol. The fourth-order valence-corrected chi connectivity index (χ4v) is 5.18. The van der Waals surface area contributed by atoms with E-state index in [1.54, 1.807) is 29.2 Å².